The molecule has 0 aliphatic rings. The fourth-order valence-electron chi connectivity index (χ4n) is 2.99. The van der Waals surface area contributed by atoms with E-state index in [0.717, 1.165) is 0 Å². The van der Waals surface area contributed by atoms with Gasteiger partial charge in [0.1, 0.15) is 0 Å². The lowest BCUT2D eigenvalue weighted by Gasteiger charge is -2.24. The third kappa shape index (κ3) is 7.37. The van der Waals surface area contributed by atoms with Crippen LogP contribution in [-0.4, -0.2) is 19.2 Å². The first-order chi connectivity index (χ1) is 12.3. The smallest absolute Gasteiger partial charge is 0.261 e. The van der Waals surface area contributed by atoms with Gasteiger partial charge < -0.3 is 0 Å². The molecule has 0 aliphatic carbocycles. The fraction of sp³-hybridized carbons (Fsp3) is 0.455. The van der Waals surface area contributed by atoms with Gasteiger partial charge in [0, 0.05) is 0 Å². The molecule has 0 aromatic heterocycles. The lowest BCUT2D eigenvalue weighted by Crippen LogP contribution is -2.07. The van der Waals surface area contributed by atoms with Gasteiger partial charge in [-0.1, -0.05) is 77.9 Å². The Balaban J connectivity index is 0.000000646. The van der Waals surface area contributed by atoms with Crippen LogP contribution < -0.4 is 5.30 Å². The van der Waals surface area contributed by atoms with Crippen molar-refractivity contribution in [3.8, 4) is 11.1 Å². The van der Waals surface area contributed by atoms with Gasteiger partial charge in [-0.2, -0.15) is 8.42 Å². The van der Waals surface area contributed by atoms with E-state index in [1.54, 1.807) is 0 Å². The van der Waals surface area contributed by atoms with E-state index in [4.69, 9.17) is 4.55 Å². The Morgan fingerprint density at radius 3 is 1.59 bits per heavy atom. The van der Waals surface area contributed by atoms with Crippen LogP contribution in [0.3, 0.4) is 0 Å². The predicted octanol–water partition coefficient (Wildman–Crippen LogP) is 5.73. The summed E-state index contributed by atoms with van der Waals surface area (Å²) in [4.78, 5) is 0. The van der Waals surface area contributed by atoms with Gasteiger partial charge in [0.15, 0.2) is 0 Å². The summed E-state index contributed by atoms with van der Waals surface area (Å²) in [7, 11) is -0.767. The molecule has 2 aromatic carbocycles. The first kappa shape index (κ1) is 23.8. The molecule has 0 bridgehead atoms. The SMILES string of the molecule is CC(C)c1cc(C(C)C)c(-c2ccccc2P)c(C(C)C)c1.CS(=O)(=O)O. The van der Waals surface area contributed by atoms with Crippen LogP contribution >= 0.6 is 9.24 Å². The van der Waals surface area contributed by atoms with Crippen molar-refractivity contribution in [2.24, 2.45) is 0 Å². The number of hydrogen-bond donors (Lipinski definition) is 1. The van der Waals surface area contributed by atoms with E-state index < -0.39 is 10.1 Å². The second kappa shape index (κ2) is 9.82. The van der Waals surface area contributed by atoms with Crippen molar-refractivity contribution < 1.29 is 13.0 Å². The molecule has 1 N–H and O–H groups in total. The Kier molecular flexibility index (Phi) is 8.66. The Bertz CT molecular complexity index is 832. The van der Waals surface area contributed by atoms with E-state index >= 15 is 0 Å². The van der Waals surface area contributed by atoms with E-state index in [-0.39, 0.29) is 0 Å². The van der Waals surface area contributed by atoms with Crippen molar-refractivity contribution in [1.29, 1.82) is 0 Å². The Labute approximate surface area is 167 Å². The zero-order valence-electron chi connectivity index (χ0n) is 17.4. The standard InChI is InChI=1S/C21H29P.CH4O3S/c1-13(2)16-11-18(14(3)4)21(19(12-16)15(5)6)17-9-7-8-10-20(17)22;1-5(2,3)4/h7-15H,22H2,1-6H3;1H3,(H,2,3,4). The second-order valence-electron chi connectivity index (χ2n) is 7.86. The highest BCUT2D eigenvalue weighted by molar-refractivity contribution is 7.85. The molecule has 1 atom stereocenters. The van der Waals surface area contributed by atoms with Gasteiger partial charge in [-0.15, -0.1) is 9.24 Å². The molecule has 0 aliphatic heterocycles. The van der Waals surface area contributed by atoms with E-state index in [1.807, 2.05) is 0 Å². The van der Waals surface area contributed by atoms with Gasteiger partial charge in [0.25, 0.3) is 10.1 Å². The average Bonchev–Trinajstić information content (AvgIpc) is 2.52. The number of hydrogen-bond acceptors (Lipinski definition) is 2. The molecule has 2 rings (SSSR count). The third-order valence-corrected chi connectivity index (χ3v) is 4.87. The van der Waals surface area contributed by atoms with Crippen LogP contribution in [-0.2, 0) is 10.1 Å². The summed E-state index contributed by atoms with van der Waals surface area (Å²) in [6.45, 7) is 13.8. The second-order valence-corrected chi connectivity index (χ2v) is 9.95. The molecule has 0 amide bonds. The predicted molar refractivity (Wildman–Crippen MR) is 121 cm³/mol. The Morgan fingerprint density at radius 2 is 1.26 bits per heavy atom. The van der Waals surface area contributed by atoms with E-state index in [9.17, 15) is 8.42 Å². The van der Waals surface area contributed by atoms with Crippen molar-refractivity contribution in [1.82, 2.24) is 0 Å². The van der Waals surface area contributed by atoms with Gasteiger partial charge in [-0.25, -0.2) is 0 Å². The average molecular weight is 409 g/mol. The molecule has 27 heavy (non-hydrogen) atoms. The molecule has 0 fully saturated rings. The van der Waals surface area contributed by atoms with Crippen molar-refractivity contribution in [3.05, 3.63) is 53.1 Å². The van der Waals surface area contributed by atoms with Gasteiger partial charge in [-0.05, 0) is 50.9 Å². The zero-order chi connectivity index (χ0) is 20.9. The molecule has 3 nitrogen and oxygen atoms in total. The van der Waals surface area contributed by atoms with Crippen LogP contribution in [0.1, 0.15) is 76.0 Å². The van der Waals surface area contributed by atoms with Gasteiger partial charge in [0.2, 0.25) is 0 Å². The van der Waals surface area contributed by atoms with E-state index in [0.29, 0.717) is 24.0 Å². The monoisotopic (exact) mass is 408 g/mol. The van der Waals surface area contributed by atoms with Crippen LogP contribution in [0.25, 0.3) is 11.1 Å². The highest BCUT2D eigenvalue weighted by Gasteiger charge is 2.19. The molecule has 0 radical (unpaired) electrons. The molecular formula is C22H33O3PS. The highest BCUT2D eigenvalue weighted by atomic mass is 32.2. The first-order valence-corrected chi connectivity index (χ1v) is 11.7. The van der Waals surface area contributed by atoms with Crippen molar-refractivity contribution in [3.63, 3.8) is 0 Å². The van der Waals surface area contributed by atoms with Crippen molar-refractivity contribution in [2.75, 3.05) is 6.26 Å². The molecule has 5 heteroatoms. The highest BCUT2D eigenvalue weighted by Crippen LogP contribution is 2.38. The molecule has 0 saturated heterocycles. The minimum absolute atomic E-state index is 0.524. The minimum Gasteiger partial charge on any atom is -0.286 e. The lowest BCUT2D eigenvalue weighted by atomic mass is 9.82. The number of rotatable bonds is 4. The van der Waals surface area contributed by atoms with Gasteiger partial charge in [0.05, 0.1) is 6.26 Å². The quantitative estimate of drug-likeness (QED) is 0.519. The van der Waals surface area contributed by atoms with Crippen LogP contribution in [0.5, 0.6) is 0 Å². The maximum absolute atomic E-state index is 9.19. The maximum Gasteiger partial charge on any atom is 0.261 e. The Hall–Kier alpha value is -1.22. The molecular weight excluding hydrogens is 375 g/mol. The molecule has 0 spiro atoms. The molecule has 0 heterocycles. The summed E-state index contributed by atoms with van der Waals surface area (Å²) in [5, 5.41) is 1.28. The summed E-state index contributed by atoms with van der Waals surface area (Å²) in [5.74, 6) is 1.61. The summed E-state index contributed by atoms with van der Waals surface area (Å²) < 4.78 is 25.9. The van der Waals surface area contributed by atoms with Crippen LogP contribution in [0, 0.1) is 0 Å². The lowest BCUT2D eigenvalue weighted by molar-refractivity contribution is 0.490. The summed E-state index contributed by atoms with van der Waals surface area (Å²) in [5.41, 5.74) is 7.21. The molecule has 1 unspecified atom stereocenters. The fourth-order valence-corrected chi connectivity index (χ4v) is 3.34. The molecule has 0 saturated carbocycles. The normalized spacial score (nSPS) is 11.7. The number of benzene rings is 2. The third-order valence-electron chi connectivity index (χ3n) is 4.36. The van der Waals surface area contributed by atoms with Crippen molar-refractivity contribution in [2.45, 2.75) is 59.3 Å². The summed E-state index contributed by atoms with van der Waals surface area (Å²) in [6, 6.07) is 13.5. The van der Waals surface area contributed by atoms with E-state index in [2.05, 4.69) is 87.2 Å². The maximum atomic E-state index is 9.19. The van der Waals surface area contributed by atoms with Crippen molar-refractivity contribution >= 4 is 24.7 Å². The van der Waals surface area contributed by atoms with E-state index in [1.165, 1.54) is 33.1 Å². The molecule has 2 aromatic rings. The van der Waals surface area contributed by atoms with Crippen LogP contribution in [0.15, 0.2) is 36.4 Å². The zero-order valence-corrected chi connectivity index (χ0v) is 19.4. The Morgan fingerprint density at radius 1 is 0.852 bits per heavy atom. The van der Waals surface area contributed by atoms with Gasteiger partial charge in [-0.3, -0.25) is 4.55 Å². The topological polar surface area (TPSA) is 54.4 Å². The minimum atomic E-state index is -3.67. The molecule has 150 valence electrons. The van der Waals surface area contributed by atoms with Crippen LogP contribution in [0.4, 0.5) is 0 Å². The first-order valence-electron chi connectivity index (χ1n) is 9.28. The van der Waals surface area contributed by atoms with Gasteiger partial charge >= 0.3 is 0 Å². The summed E-state index contributed by atoms with van der Waals surface area (Å²) >= 11 is 0. The largest absolute Gasteiger partial charge is 0.286 e. The summed E-state index contributed by atoms with van der Waals surface area (Å²) in [6.07, 6.45) is 0.715. The van der Waals surface area contributed by atoms with Crippen LogP contribution in [0.2, 0.25) is 0 Å².